The van der Waals surface area contributed by atoms with Gasteiger partial charge in [-0.2, -0.15) is 0 Å². The molecule has 1 atom stereocenters. The number of hydrogen-bond donors (Lipinski definition) is 0. The summed E-state index contributed by atoms with van der Waals surface area (Å²) in [6.07, 6.45) is 13.0. The topological polar surface area (TPSA) is 26.3 Å². The van der Waals surface area contributed by atoms with Gasteiger partial charge >= 0.3 is 0 Å². The van der Waals surface area contributed by atoms with Gasteiger partial charge in [-0.05, 0) is 43.5 Å². The summed E-state index contributed by atoms with van der Waals surface area (Å²) >= 11 is 5.68. The molecule has 0 N–H and O–H groups in total. The number of benzene rings is 1. The summed E-state index contributed by atoms with van der Waals surface area (Å²) < 4.78 is 5.73. The molecule has 0 amide bonds. The van der Waals surface area contributed by atoms with Crippen molar-refractivity contribution in [1.29, 1.82) is 0 Å². The number of carbonyl (C=O) groups is 1. The van der Waals surface area contributed by atoms with Gasteiger partial charge in [0.2, 0.25) is 0 Å². The Labute approximate surface area is 152 Å². The predicted molar refractivity (Wildman–Crippen MR) is 103 cm³/mol. The monoisotopic (exact) mass is 352 g/mol. The zero-order chi connectivity index (χ0) is 17.6. The molecule has 0 aliphatic carbocycles. The van der Waals surface area contributed by atoms with Crippen molar-refractivity contribution >= 4 is 16.8 Å². The number of halogens is 1. The quantitative estimate of drug-likeness (QED) is 0.271. The van der Waals surface area contributed by atoms with Gasteiger partial charge in [0.05, 0.1) is 0 Å². The van der Waals surface area contributed by atoms with Gasteiger partial charge in [0, 0.05) is 0 Å². The summed E-state index contributed by atoms with van der Waals surface area (Å²) in [5.74, 6) is 0.715. The summed E-state index contributed by atoms with van der Waals surface area (Å²) in [6, 6.07) is 7.73. The van der Waals surface area contributed by atoms with Crippen molar-refractivity contribution in [3.8, 4) is 5.75 Å². The molecule has 24 heavy (non-hydrogen) atoms. The van der Waals surface area contributed by atoms with Crippen molar-refractivity contribution in [3.63, 3.8) is 0 Å². The Hall–Kier alpha value is -1.02. The molecule has 136 valence electrons. The Balaban J connectivity index is 2.11. The molecule has 0 radical (unpaired) electrons. The fourth-order valence-electron chi connectivity index (χ4n) is 2.82. The fourth-order valence-corrected chi connectivity index (χ4v) is 2.97. The second-order valence-corrected chi connectivity index (χ2v) is 7.07. The van der Waals surface area contributed by atoms with Crippen LogP contribution in [0.1, 0.15) is 83.1 Å². The van der Waals surface area contributed by atoms with E-state index in [1.54, 1.807) is 0 Å². The van der Waals surface area contributed by atoms with Gasteiger partial charge in [0.15, 0.2) is 6.10 Å². The van der Waals surface area contributed by atoms with Crippen molar-refractivity contribution in [1.82, 2.24) is 0 Å². The first kappa shape index (κ1) is 21.0. The Morgan fingerprint density at radius 2 is 1.42 bits per heavy atom. The van der Waals surface area contributed by atoms with Crippen LogP contribution in [0.5, 0.6) is 5.75 Å². The van der Waals surface area contributed by atoms with E-state index in [9.17, 15) is 4.79 Å². The average Bonchev–Trinajstić information content (AvgIpc) is 2.57. The summed E-state index contributed by atoms with van der Waals surface area (Å²) in [6.45, 7) is 4.28. The van der Waals surface area contributed by atoms with Crippen LogP contribution in [0.4, 0.5) is 0 Å². The maximum absolute atomic E-state index is 11.5. The minimum absolute atomic E-state index is 0.397. The highest BCUT2D eigenvalue weighted by molar-refractivity contribution is 6.64. The Kier molecular flexibility index (Phi) is 11.6. The molecule has 0 aromatic heterocycles. The van der Waals surface area contributed by atoms with Crippen molar-refractivity contribution in [2.24, 2.45) is 0 Å². The number of ether oxygens (including phenoxy) is 1. The maximum atomic E-state index is 11.5. The second-order valence-electron chi connectivity index (χ2n) is 6.69. The molecule has 0 aliphatic heterocycles. The van der Waals surface area contributed by atoms with Crippen molar-refractivity contribution in [2.75, 3.05) is 0 Å². The molecule has 0 aliphatic rings. The van der Waals surface area contributed by atoms with Crippen molar-refractivity contribution in [2.45, 2.75) is 90.6 Å². The van der Waals surface area contributed by atoms with Crippen LogP contribution in [0.3, 0.4) is 0 Å². The first-order valence-corrected chi connectivity index (χ1v) is 9.94. The minimum atomic E-state index is -0.525. The van der Waals surface area contributed by atoms with Crippen LogP contribution in [0.25, 0.3) is 0 Å². The third-order valence-corrected chi connectivity index (χ3v) is 4.62. The lowest BCUT2D eigenvalue weighted by Gasteiger charge is -2.15. The minimum Gasteiger partial charge on any atom is -0.481 e. The molecule has 1 unspecified atom stereocenters. The van der Waals surface area contributed by atoms with E-state index in [1.165, 1.54) is 56.9 Å². The second kappa shape index (κ2) is 13.3. The third-order valence-electron chi connectivity index (χ3n) is 4.37. The molecule has 3 heteroatoms. The Morgan fingerprint density at radius 3 is 1.92 bits per heavy atom. The highest BCUT2D eigenvalue weighted by atomic mass is 35.5. The van der Waals surface area contributed by atoms with Gasteiger partial charge in [-0.15, -0.1) is 0 Å². The van der Waals surface area contributed by atoms with Crippen molar-refractivity contribution < 1.29 is 9.53 Å². The first-order chi connectivity index (χ1) is 11.6. The fraction of sp³-hybridized carbons (Fsp3) is 0.667. The Bertz CT molecular complexity index is 442. The van der Waals surface area contributed by atoms with E-state index in [1.807, 2.05) is 31.2 Å². The zero-order valence-electron chi connectivity index (χ0n) is 15.4. The summed E-state index contributed by atoms with van der Waals surface area (Å²) in [7, 11) is 0. The lowest BCUT2D eigenvalue weighted by Crippen LogP contribution is -2.23. The summed E-state index contributed by atoms with van der Waals surface area (Å²) in [5.41, 5.74) is 1.17. The van der Waals surface area contributed by atoms with Crippen LogP contribution in [-0.2, 0) is 4.79 Å². The molecule has 1 aromatic carbocycles. The molecular formula is C21H33ClO2. The lowest BCUT2D eigenvalue weighted by molar-refractivity contribution is -0.118. The predicted octanol–water partition coefficient (Wildman–Crippen LogP) is 6.82. The Morgan fingerprint density at radius 1 is 0.917 bits per heavy atom. The molecular weight excluding hydrogens is 320 g/mol. The van der Waals surface area contributed by atoms with Crippen LogP contribution >= 0.6 is 11.6 Å². The van der Waals surface area contributed by atoms with E-state index in [0.29, 0.717) is 12.2 Å². The standard InChI is InChI=1S/C21H33ClO2/c1-3-4-5-6-7-8-9-10-11-12-13-20(21(22)23)24-19-16-14-18(2)15-17-19/h14-17,20H,3-13H2,1-2H3. The van der Waals surface area contributed by atoms with E-state index in [2.05, 4.69) is 6.92 Å². The van der Waals surface area contributed by atoms with Crippen molar-refractivity contribution in [3.05, 3.63) is 29.8 Å². The van der Waals surface area contributed by atoms with Crippen LogP contribution in [0.2, 0.25) is 0 Å². The normalized spacial score (nSPS) is 12.1. The molecule has 0 fully saturated rings. The average molecular weight is 353 g/mol. The summed E-state index contributed by atoms with van der Waals surface area (Å²) in [4.78, 5) is 11.5. The molecule has 0 saturated carbocycles. The van der Waals surface area contributed by atoms with Gasteiger partial charge in [0.1, 0.15) is 5.75 Å². The molecule has 2 nitrogen and oxygen atoms in total. The van der Waals surface area contributed by atoms with Crippen LogP contribution in [0, 0.1) is 6.92 Å². The number of carbonyl (C=O) groups excluding carboxylic acids is 1. The van der Waals surface area contributed by atoms with E-state index in [4.69, 9.17) is 16.3 Å². The maximum Gasteiger partial charge on any atom is 0.262 e. The van der Waals surface area contributed by atoms with Gasteiger partial charge in [-0.25, -0.2) is 0 Å². The van der Waals surface area contributed by atoms with E-state index in [-0.39, 0.29) is 0 Å². The molecule has 0 bridgehead atoms. The zero-order valence-corrected chi connectivity index (χ0v) is 16.1. The number of aryl methyl sites for hydroxylation is 1. The number of unbranched alkanes of at least 4 members (excludes halogenated alkanes) is 9. The van der Waals surface area contributed by atoms with E-state index >= 15 is 0 Å². The molecule has 1 aromatic rings. The number of hydrogen-bond acceptors (Lipinski definition) is 2. The largest absolute Gasteiger partial charge is 0.481 e. The van der Waals surface area contributed by atoms with E-state index < -0.39 is 11.3 Å². The van der Waals surface area contributed by atoms with Crippen LogP contribution in [-0.4, -0.2) is 11.3 Å². The highest BCUT2D eigenvalue weighted by Crippen LogP contribution is 2.18. The smallest absolute Gasteiger partial charge is 0.262 e. The SMILES string of the molecule is CCCCCCCCCCCCC(Oc1ccc(C)cc1)C(=O)Cl. The first-order valence-electron chi connectivity index (χ1n) is 9.56. The van der Waals surface area contributed by atoms with E-state index in [0.717, 1.165) is 12.8 Å². The van der Waals surface area contributed by atoms with Gasteiger partial charge in [0.25, 0.3) is 5.24 Å². The van der Waals surface area contributed by atoms with Crippen LogP contribution in [0.15, 0.2) is 24.3 Å². The molecule has 0 spiro atoms. The van der Waals surface area contributed by atoms with Gasteiger partial charge in [-0.3, -0.25) is 4.79 Å². The molecule has 1 rings (SSSR count). The third kappa shape index (κ3) is 9.97. The summed E-state index contributed by atoms with van der Waals surface area (Å²) in [5, 5.41) is -0.397. The molecule has 0 saturated heterocycles. The lowest BCUT2D eigenvalue weighted by atomic mass is 10.0. The number of rotatable bonds is 14. The van der Waals surface area contributed by atoms with Gasteiger partial charge < -0.3 is 4.74 Å². The van der Waals surface area contributed by atoms with Crippen LogP contribution < -0.4 is 4.74 Å². The highest BCUT2D eigenvalue weighted by Gasteiger charge is 2.17. The van der Waals surface area contributed by atoms with Gasteiger partial charge in [-0.1, -0.05) is 82.4 Å². The molecule has 0 heterocycles.